The largest absolute Gasteiger partial charge is 0.435 e. The highest BCUT2D eigenvalue weighted by molar-refractivity contribution is 5.30. The van der Waals surface area contributed by atoms with Crippen LogP contribution < -0.4 is 10.1 Å². The van der Waals surface area contributed by atoms with Crippen LogP contribution in [0.2, 0.25) is 0 Å². The minimum absolute atomic E-state index is 0.0989. The van der Waals surface area contributed by atoms with Crippen molar-refractivity contribution in [3.05, 3.63) is 29.8 Å². The fourth-order valence-electron chi connectivity index (χ4n) is 2.17. The minimum atomic E-state index is -2.78. The zero-order valence-electron chi connectivity index (χ0n) is 10.9. The van der Waals surface area contributed by atoms with Crippen LogP contribution in [-0.4, -0.2) is 26.4 Å². The van der Waals surface area contributed by atoms with Gasteiger partial charge in [0.2, 0.25) is 0 Å². The van der Waals surface area contributed by atoms with E-state index < -0.39 is 6.61 Å². The van der Waals surface area contributed by atoms with Crippen LogP contribution in [0.25, 0.3) is 0 Å². The first-order valence-corrected chi connectivity index (χ1v) is 6.51. The summed E-state index contributed by atoms with van der Waals surface area (Å²) < 4.78 is 34.0. The summed E-state index contributed by atoms with van der Waals surface area (Å²) in [5.41, 5.74) is 0.942. The van der Waals surface area contributed by atoms with E-state index in [0.29, 0.717) is 5.92 Å². The maximum absolute atomic E-state index is 12.2. The summed E-state index contributed by atoms with van der Waals surface area (Å²) in [7, 11) is 0. The van der Waals surface area contributed by atoms with Crippen molar-refractivity contribution in [1.29, 1.82) is 0 Å². The summed E-state index contributed by atoms with van der Waals surface area (Å²) >= 11 is 0. The lowest BCUT2D eigenvalue weighted by atomic mass is 10.1. The molecule has 3 nitrogen and oxygen atoms in total. The van der Waals surface area contributed by atoms with Gasteiger partial charge < -0.3 is 14.8 Å². The molecule has 0 aliphatic carbocycles. The third-order valence-electron chi connectivity index (χ3n) is 3.32. The van der Waals surface area contributed by atoms with Crippen LogP contribution in [0.4, 0.5) is 8.78 Å². The van der Waals surface area contributed by atoms with Gasteiger partial charge in [-0.3, -0.25) is 0 Å². The summed E-state index contributed by atoms with van der Waals surface area (Å²) in [5.74, 6) is 0.744. The van der Waals surface area contributed by atoms with E-state index in [1.165, 1.54) is 6.07 Å². The molecule has 2 atom stereocenters. The highest BCUT2D eigenvalue weighted by Gasteiger charge is 2.16. The molecule has 1 aromatic carbocycles. The Hall–Kier alpha value is -1.20. The molecule has 106 valence electrons. The van der Waals surface area contributed by atoms with Gasteiger partial charge in [0.05, 0.1) is 6.61 Å². The Morgan fingerprint density at radius 2 is 2.32 bits per heavy atom. The van der Waals surface area contributed by atoms with Crippen LogP contribution in [0.3, 0.4) is 0 Å². The van der Waals surface area contributed by atoms with Gasteiger partial charge >= 0.3 is 6.61 Å². The number of alkyl halides is 2. The van der Waals surface area contributed by atoms with Crippen LogP contribution >= 0.6 is 0 Å². The standard InChI is InChI=1S/C14H19F2NO2/c1-10(17-8-11-5-6-18-9-11)12-3-2-4-13(7-12)19-14(15)16/h2-4,7,10-11,14,17H,5-6,8-9H2,1H3. The molecule has 0 amide bonds. The number of benzene rings is 1. The molecule has 1 aromatic rings. The molecule has 1 saturated heterocycles. The molecule has 0 radical (unpaired) electrons. The molecule has 1 N–H and O–H groups in total. The molecule has 1 aliphatic rings. The number of rotatable bonds is 6. The van der Waals surface area contributed by atoms with Crippen molar-refractivity contribution in [3.8, 4) is 5.75 Å². The average Bonchev–Trinajstić information content (AvgIpc) is 2.88. The van der Waals surface area contributed by atoms with Gasteiger partial charge in [0, 0.05) is 19.2 Å². The minimum Gasteiger partial charge on any atom is -0.435 e. The Labute approximate surface area is 111 Å². The molecule has 5 heteroatoms. The van der Waals surface area contributed by atoms with E-state index in [4.69, 9.17) is 4.74 Å². The molecule has 0 saturated carbocycles. The first kappa shape index (κ1) is 14.2. The summed E-state index contributed by atoms with van der Waals surface area (Å²) in [6, 6.07) is 6.91. The molecule has 1 fully saturated rings. The third kappa shape index (κ3) is 4.44. The summed E-state index contributed by atoms with van der Waals surface area (Å²) in [5, 5.41) is 3.40. The Morgan fingerprint density at radius 3 is 3.00 bits per heavy atom. The predicted molar refractivity (Wildman–Crippen MR) is 68.4 cm³/mol. The van der Waals surface area contributed by atoms with E-state index in [9.17, 15) is 8.78 Å². The van der Waals surface area contributed by atoms with Crippen molar-refractivity contribution in [2.75, 3.05) is 19.8 Å². The van der Waals surface area contributed by atoms with E-state index in [0.717, 1.165) is 31.7 Å². The number of hydrogen-bond donors (Lipinski definition) is 1. The fraction of sp³-hybridized carbons (Fsp3) is 0.571. The van der Waals surface area contributed by atoms with Crippen molar-refractivity contribution in [3.63, 3.8) is 0 Å². The van der Waals surface area contributed by atoms with E-state index in [1.807, 2.05) is 13.0 Å². The number of nitrogens with one attached hydrogen (secondary N) is 1. The van der Waals surface area contributed by atoms with Crippen LogP contribution in [0.5, 0.6) is 5.75 Å². The monoisotopic (exact) mass is 271 g/mol. The Morgan fingerprint density at radius 1 is 1.47 bits per heavy atom. The van der Waals surface area contributed by atoms with Gasteiger partial charge in [-0.25, -0.2) is 0 Å². The van der Waals surface area contributed by atoms with Crippen LogP contribution in [0, 0.1) is 5.92 Å². The second-order valence-electron chi connectivity index (χ2n) is 4.81. The molecular formula is C14H19F2NO2. The van der Waals surface area contributed by atoms with Gasteiger partial charge in [-0.1, -0.05) is 12.1 Å². The lowest BCUT2D eigenvalue weighted by Crippen LogP contribution is -2.26. The Bertz CT molecular complexity index is 395. The molecule has 0 aromatic heterocycles. The van der Waals surface area contributed by atoms with Gasteiger partial charge in [0.25, 0.3) is 0 Å². The van der Waals surface area contributed by atoms with Crippen molar-refractivity contribution < 1.29 is 18.3 Å². The summed E-state index contributed by atoms with van der Waals surface area (Å²) in [6.07, 6.45) is 1.08. The van der Waals surface area contributed by atoms with Gasteiger partial charge in [0.1, 0.15) is 5.75 Å². The number of hydrogen-bond acceptors (Lipinski definition) is 3. The SMILES string of the molecule is CC(NCC1CCOC1)c1cccc(OC(F)F)c1. The van der Waals surface area contributed by atoms with E-state index in [1.54, 1.807) is 12.1 Å². The first-order chi connectivity index (χ1) is 9.15. The summed E-state index contributed by atoms with van der Waals surface area (Å²) in [6.45, 7) is 1.74. The quantitative estimate of drug-likeness (QED) is 0.863. The Balaban J connectivity index is 1.88. The zero-order valence-corrected chi connectivity index (χ0v) is 10.9. The van der Waals surface area contributed by atoms with Gasteiger partial charge in [-0.15, -0.1) is 0 Å². The smallest absolute Gasteiger partial charge is 0.387 e. The average molecular weight is 271 g/mol. The number of halogens is 2. The molecule has 2 rings (SSSR count). The lowest BCUT2D eigenvalue weighted by molar-refractivity contribution is -0.0499. The van der Waals surface area contributed by atoms with Crippen LogP contribution in [-0.2, 0) is 4.74 Å². The molecule has 0 bridgehead atoms. The molecule has 0 spiro atoms. The predicted octanol–water partition coefficient (Wildman–Crippen LogP) is 2.98. The third-order valence-corrected chi connectivity index (χ3v) is 3.32. The second kappa shape index (κ2) is 6.82. The number of ether oxygens (including phenoxy) is 2. The molecule has 19 heavy (non-hydrogen) atoms. The van der Waals surface area contributed by atoms with Crippen LogP contribution in [0.1, 0.15) is 24.9 Å². The molecule has 1 aliphatic heterocycles. The van der Waals surface area contributed by atoms with Crippen molar-refractivity contribution >= 4 is 0 Å². The van der Waals surface area contributed by atoms with E-state index >= 15 is 0 Å². The normalized spacial score (nSPS) is 20.7. The Kier molecular flexibility index (Phi) is 5.10. The maximum atomic E-state index is 12.2. The molecule has 1 heterocycles. The highest BCUT2D eigenvalue weighted by atomic mass is 19.3. The van der Waals surface area contributed by atoms with Crippen LogP contribution in [0.15, 0.2) is 24.3 Å². The van der Waals surface area contributed by atoms with Gasteiger partial charge in [0.15, 0.2) is 0 Å². The maximum Gasteiger partial charge on any atom is 0.387 e. The first-order valence-electron chi connectivity index (χ1n) is 6.51. The summed E-state index contributed by atoms with van der Waals surface area (Å²) in [4.78, 5) is 0. The van der Waals surface area contributed by atoms with Gasteiger partial charge in [-0.2, -0.15) is 8.78 Å². The second-order valence-corrected chi connectivity index (χ2v) is 4.81. The van der Waals surface area contributed by atoms with Crippen molar-refractivity contribution in [2.45, 2.75) is 26.0 Å². The molecule has 2 unspecified atom stereocenters. The van der Waals surface area contributed by atoms with E-state index in [2.05, 4.69) is 10.1 Å². The topological polar surface area (TPSA) is 30.5 Å². The highest BCUT2D eigenvalue weighted by Crippen LogP contribution is 2.21. The van der Waals surface area contributed by atoms with E-state index in [-0.39, 0.29) is 11.8 Å². The molecular weight excluding hydrogens is 252 g/mol. The zero-order chi connectivity index (χ0) is 13.7. The van der Waals surface area contributed by atoms with Crippen molar-refractivity contribution in [2.24, 2.45) is 5.92 Å². The fourth-order valence-corrected chi connectivity index (χ4v) is 2.17. The lowest BCUT2D eigenvalue weighted by Gasteiger charge is -2.17. The van der Waals surface area contributed by atoms with Gasteiger partial charge in [-0.05, 0) is 37.0 Å². The van der Waals surface area contributed by atoms with Crippen molar-refractivity contribution in [1.82, 2.24) is 5.32 Å².